The Morgan fingerprint density at radius 1 is 0.933 bits per heavy atom. The Morgan fingerprint density at radius 2 is 1.57 bits per heavy atom. The van der Waals surface area contributed by atoms with Gasteiger partial charge in [-0.05, 0) is 48.0 Å². The van der Waals surface area contributed by atoms with E-state index in [-0.39, 0.29) is 17.4 Å². The maximum absolute atomic E-state index is 12.9. The molecule has 0 N–H and O–H groups in total. The summed E-state index contributed by atoms with van der Waals surface area (Å²) in [7, 11) is -4.71. The molecule has 3 aromatic rings. The van der Waals surface area contributed by atoms with Gasteiger partial charge in [0.05, 0.1) is 12.2 Å². The van der Waals surface area contributed by atoms with Crippen molar-refractivity contribution in [2.75, 3.05) is 10.1 Å². The maximum atomic E-state index is 12.9. The van der Waals surface area contributed by atoms with Crippen molar-refractivity contribution in [2.45, 2.75) is 12.7 Å². The minimum atomic E-state index is -4.88. The minimum Gasteiger partial charge on any atom is -0.457 e. The molecule has 10 heteroatoms. The predicted octanol–water partition coefficient (Wildman–Crippen LogP) is 5.43. The summed E-state index contributed by atoms with van der Waals surface area (Å²) in [6.45, 7) is -0.332. The van der Waals surface area contributed by atoms with Crippen LogP contribution >= 0.6 is 11.6 Å². The van der Waals surface area contributed by atoms with Crippen LogP contribution in [0.25, 0.3) is 0 Å². The Kier molecular flexibility index (Phi) is 6.52. The van der Waals surface area contributed by atoms with Crippen LogP contribution in [0.15, 0.2) is 72.9 Å². The van der Waals surface area contributed by atoms with Gasteiger partial charge < -0.3 is 4.74 Å². The molecule has 0 radical (unpaired) electrons. The van der Waals surface area contributed by atoms with Gasteiger partial charge in [0.25, 0.3) is 0 Å². The second-order valence-corrected chi connectivity index (χ2v) is 8.56. The van der Waals surface area contributed by atoms with Crippen molar-refractivity contribution in [2.24, 2.45) is 0 Å². The molecule has 158 valence electrons. The molecule has 0 unspecified atom stereocenters. The van der Waals surface area contributed by atoms with Crippen LogP contribution in [-0.4, -0.2) is 25.3 Å². The lowest BCUT2D eigenvalue weighted by Crippen LogP contribution is -2.37. The van der Waals surface area contributed by atoms with Gasteiger partial charge in [0.2, 0.25) is 10.0 Å². The van der Waals surface area contributed by atoms with Crippen LogP contribution in [0.2, 0.25) is 5.15 Å². The number of benzene rings is 2. The summed E-state index contributed by atoms with van der Waals surface area (Å²) < 4.78 is 70.0. The molecule has 5 nitrogen and oxygen atoms in total. The average molecular weight is 457 g/mol. The van der Waals surface area contributed by atoms with Crippen LogP contribution in [0, 0.1) is 0 Å². The van der Waals surface area contributed by atoms with Gasteiger partial charge in [-0.25, -0.2) is 13.4 Å². The molecule has 0 spiro atoms. The number of para-hydroxylation sites is 1. The summed E-state index contributed by atoms with van der Waals surface area (Å²) in [6, 6.07) is 17.5. The lowest BCUT2D eigenvalue weighted by molar-refractivity contribution is -0.106. The zero-order valence-electron chi connectivity index (χ0n) is 15.4. The van der Waals surface area contributed by atoms with Crippen molar-refractivity contribution in [3.8, 4) is 11.5 Å². The van der Waals surface area contributed by atoms with Gasteiger partial charge in [-0.2, -0.15) is 13.2 Å². The first-order valence-electron chi connectivity index (χ1n) is 8.63. The molecule has 30 heavy (non-hydrogen) atoms. The molecule has 0 amide bonds. The number of hydrogen-bond acceptors (Lipinski definition) is 4. The van der Waals surface area contributed by atoms with E-state index >= 15 is 0 Å². The topological polar surface area (TPSA) is 59.5 Å². The second-order valence-electron chi connectivity index (χ2n) is 6.28. The van der Waals surface area contributed by atoms with Gasteiger partial charge in [0.1, 0.15) is 16.7 Å². The highest BCUT2D eigenvalue weighted by atomic mass is 35.5. The number of ether oxygens (including phenoxy) is 1. The zero-order chi connectivity index (χ0) is 21.8. The van der Waals surface area contributed by atoms with Gasteiger partial charge in [-0.15, -0.1) is 0 Å². The van der Waals surface area contributed by atoms with E-state index < -0.39 is 22.0 Å². The lowest BCUT2D eigenvalue weighted by Gasteiger charge is -2.25. The Hall–Kier alpha value is -2.78. The smallest absolute Gasteiger partial charge is 0.404 e. The molecule has 2 aromatic carbocycles. The third kappa shape index (κ3) is 6.11. The van der Waals surface area contributed by atoms with Gasteiger partial charge in [0.15, 0.2) is 5.75 Å². The number of sulfonamides is 1. The van der Waals surface area contributed by atoms with Crippen LogP contribution in [-0.2, 0) is 16.6 Å². The van der Waals surface area contributed by atoms with Crippen molar-refractivity contribution in [3.05, 3.63) is 83.6 Å². The highest BCUT2D eigenvalue weighted by Gasteiger charge is 2.38. The molecule has 0 saturated carbocycles. The largest absolute Gasteiger partial charge is 0.457 e. The quantitative estimate of drug-likeness (QED) is 0.445. The molecule has 0 aliphatic carbocycles. The van der Waals surface area contributed by atoms with Crippen LogP contribution in [0.5, 0.6) is 11.5 Å². The number of hydrogen-bond donors (Lipinski definition) is 0. The number of anilines is 1. The molecule has 0 saturated heterocycles. The van der Waals surface area contributed by atoms with Gasteiger partial charge in [-0.1, -0.05) is 35.9 Å². The fraction of sp³-hybridized carbons (Fsp3) is 0.150. The van der Waals surface area contributed by atoms with E-state index in [0.717, 1.165) is 0 Å². The van der Waals surface area contributed by atoms with Crippen LogP contribution in [0.4, 0.5) is 18.9 Å². The van der Waals surface area contributed by atoms with E-state index in [1.165, 1.54) is 42.6 Å². The molecule has 0 bridgehead atoms. The first-order valence-corrected chi connectivity index (χ1v) is 10.6. The standard InChI is InChI=1S/C20H16ClF3N2O3S/c21-19-11-6-15(12-25-19)13-26(30(27,28)14-20(22,23)24)16-7-9-18(10-8-16)29-17-4-2-1-3-5-17/h1-12H,13-14H2. The van der Waals surface area contributed by atoms with E-state index in [0.29, 0.717) is 21.4 Å². The monoisotopic (exact) mass is 456 g/mol. The summed E-state index contributed by atoms with van der Waals surface area (Å²) >= 11 is 5.72. The number of nitrogens with zero attached hydrogens (tertiary/aromatic N) is 2. The average Bonchev–Trinajstić information content (AvgIpc) is 2.67. The molecular weight excluding hydrogens is 441 g/mol. The molecule has 0 fully saturated rings. The molecule has 1 heterocycles. The number of halogens is 4. The molecular formula is C20H16ClF3N2O3S. The van der Waals surface area contributed by atoms with E-state index in [4.69, 9.17) is 16.3 Å². The highest BCUT2D eigenvalue weighted by Crippen LogP contribution is 2.29. The number of alkyl halides is 3. The molecule has 3 rings (SSSR count). The Morgan fingerprint density at radius 3 is 2.13 bits per heavy atom. The third-order valence-electron chi connectivity index (χ3n) is 3.90. The van der Waals surface area contributed by atoms with E-state index in [1.807, 2.05) is 6.07 Å². The van der Waals surface area contributed by atoms with E-state index in [1.54, 1.807) is 24.3 Å². The van der Waals surface area contributed by atoms with Crippen LogP contribution in [0.1, 0.15) is 5.56 Å². The summed E-state index contributed by atoms with van der Waals surface area (Å²) in [5.41, 5.74) is 0.448. The van der Waals surface area contributed by atoms with Crippen molar-refractivity contribution >= 4 is 27.3 Å². The first-order chi connectivity index (χ1) is 14.1. The Balaban J connectivity index is 1.89. The van der Waals surface area contributed by atoms with Gasteiger partial charge in [0, 0.05) is 6.20 Å². The van der Waals surface area contributed by atoms with Gasteiger partial charge >= 0.3 is 6.18 Å². The molecule has 0 aliphatic rings. The fourth-order valence-corrected chi connectivity index (χ4v) is 4.08. The highest BCUT2D eigenvalue weighted by molar-refractivity contribution is 7.92. The number of aromatic nitrogens is 1. The van der Waals surface area contributed by atoms with Crippen molar-refractivity contribution < 1.29 is 26.3 Å². The van der Waals surface area contributed by atoms with Crippen LogP contribution in [0.3, 0.4) is 0 Å². The SMILES string of the molecule is O=S(=O)(CC(F)(F)F)N(Cc1ccc(Cl)nc1)c1ccc(Oc2ccccc2)cc1. The van der Waals surface area contributed by atoms with E-state index in [2.05, 4.69) is 4.98 Å². The summed E-state index contributed by atoms with van der Waals surface area (Å²) in [5, 5.41) is 0.186. The normalized spacial score (nSPS) is 11.9. The third-order valence-corrected chi connectivity index (χ3v) is 5.83. The summed E-state index contributed by atoms with van der Waals surface area (Å²) in [5.74, 6) is -1.01. The molecule has 0 atom stereocenters. The van der Waals surface area contributed by atoms with Crippen LogP contribution < -0.4 is 9.04 Å². The first kappa shape index (κ1) is 21.9. The Bertz CT molecular complexity index is 1080. The fourth-order valence-electron chi connectivity index (χ4n) is 2.61. The van der Waals surface area contributed by atoms with Crippen molar-refractivity contribution in [1.82, 2.24) is 4.98 Å². The van der Waals surface area contributed by atoms with Crippen molar-refractivity contribution in [1.29, 1.82) is 0 Å². The maximum Gasteiger partial charge on any atom is 0.404 e. The predicted molar refractivity (Wildman–Crippen MR) is 108 cm³/mol. The van der Waals surface area contributed by atoms with E-state index in [9.17, 15) is 21.6 Å². The summed E-state index contributed by atoms with van der Waals surface area (Å²) in [4.78, 5) is 3.85. The zero-order valence-corrected chi connectivity index (χ0v) is 17.0. The number of rotatable bonds is 7. The minimum absolute atomic E-state index is 0.0645. The second kappa shape index (κ2) is 8.93. The molecule has 1 aromatic heterocycles. The lowest BCUT2D eigenvalue weighted by atomic mass is 10.2. The number of pyridine rings is 1. The van der Waals surface area contributed by atoms with Crippen molar-refractivity contribution in [3.63, 3.8) is 0 Å². The molecule has 0 aliphatic heterocycles. The Labute approximate surface area is 176 Å². The van der Waals surface area contributed by atoms with Gasteiger partial charge in [-0.3, -0.25) is 4.31 Å². The summed E-state index contributed by atoms with van der Waals surface area (Å²) in [6.07, 6.45) is -3.57.